The van der Waals surface area contributed by atoms with Crippen molar-refractivity contribution in [3.8, 4) is 0 Å². The smallest absolute Gasteiger partial charge is 0.272 e. The van der Waals surface area contributed by atoms with Crippen LogP contribution in [-0.4, -0.2) is 46.8 Å². The van der Waals surface area contributed by atoms with Crippen LogP contribution in [0, 0.1) is 0 Å². The van der Waals surface area contributed by atoms with E-state index in [4.69, 9.17) is 0 Å². The van der Waals surface area contributed by atoms with E-state index in [0.717, 1.165) is 26.2 Å². The molecule has 2 aromatic carbocycles. The highest BCUT2D eigenvalue weighted by Crippen LogP contribution is 2.19. The van der Waals surface area contributed by atoms with E-state index >= 15 is 0 Å². The van der Waals surface area contributed by atoms with E-state index in [2.05, 4.69) is 65.8 Å². The Balaban J connectivity index is 1.52. The summed E-state index contributed by atoms with van der Waals surface area (Å²) >= 11 is 0. The SMILES string of the molecule is Cn1nccc1C(=O)N1CC[NH+](C(c2ccccc2)c2ccccc2)CC1. The number of hydrogen-bond acceptors (Lipinski definition) is 2. The first-order valence-electron chi connectivity index (χ1n) is 9.46. The summed E-state index contributed by atoms with van der Waals surface area (Å²) in [6.45, 7) is 3.38. The summed E-state index contributed by atoms with van der Waals surface area (Å²) in [7, 11) is 1.82. The molecule has 2 heterocycles. The van der Waals surface area contributed by atoms with Crippen molar-refractivity contribution < 1.29 is 9.69 Å². The van der Waals surface area contributed by atoms with E-state index in [1.165, 1.54) is 16.0 Å². The minimum absolute atomic E-state index is 0.0741. The van der Waals surface area contributed by atoms with Gasteiger partial charge in [-0.2, -0.15) is 5.10 Å². The van der Waals surface area contributed by atoms with Crippen LogP contribution < -0.4 is 4.90 Å². The van der Waals surface area contributed by atoms with Crippen molar-refractivity contribution in [2.75, 3.05) is 26.2 Å². The van der Waals surface area contributed by atoms with Crippen molar-refractivity contribution in [2.45, 2.75) is 6.04 Å². The Labute approximate surface area is 159 Å². The lowest BCUT2D eigenvalue weighted by atomic mass is 9.96. The summed E-state index contributed by atoms with van der Waals surface area (Å²) in [5, 5.41) is 4.12. The predicted octanol–water partition coefficient (Wildman–Crippen LogP) is 1.55. The van der Waals surface area contributed by atoms with Crippen molar-refractivity contribution >= 4 is 5.91 Å². The molecule has 0 aliphatic carbocycles. The molecule has 4 rings (SSSR count). The molecule has 27 heavy (non-hydrogen) atoms. The largest absolute Gasteiger partial charge is 0.326 e. The lowest BCUT2D eigenvalue weighted by Crippen LogP contribution is -3.15. The number of amides is 1. The van der Waals surface area contributed by atoms with Crippen LogP contribution in [0.3, 0.4) is 0 Å². The van der Waals surface area contributed by atoms with Gasteiger partial charge in [0.15, 0.2) is 0 Å². The maximum atomic E-state index is 12.8. The zero-order valence-electron chi connectivity index (χ0n) is 15.6. The molecule has 1 N–H and O–H groups in total. The van der Waals surface area contributed by atoms with E-state index in [-0.39, 0.29) is 5.91 Å². The Bertz CT molecular complexity index is 843. The lowest BCUT2D eigenvalue weighted by molar-refractivity contribution is -0.929. The number of nitrogens with one attached hydrogen (secondary N) is 1. The molecule has 5 heteroatoms. The number of nitrogens with zero attached hydrogens (tertiary/aromatic N) is 3. The highest BCUT2D eigenvalue weighted by Gasteiger charge is 2.32. The second-order valence-corrected chi connectivity index (χ2v) is 7.04. The molecule has 1 amide bonds. The Morgan fingerprint density at radius 2 is 1.48 bits per heavy atom. The normalized spacial score (nSPS) is 15.3. The molecule has 1 aromatic heterocycles. The highest BCUT2D eigenvalue weighted by molar-refractivity contribution is 5.92. The molecule has 0 bridgehead atoms. The van der Waals surface area contributed by atoms with Gasteiger partial charge >= 0.3 is 0 Å². The summed E-state index contributed by atoms with van der Waals surface area (Å²) in [6, 6.07) is 23.4. The monoisotopic (exact) mass is 361 g/mol. The molecule has 0 unspecified atom stereocenters. The summed E-state index contributed by atoms with van der Waals surface area (Å²) in [5.41, 5.74) is 3.30. The standard InChI is InChI=1S/C22H24N4O/c1-24-20(12-13-23-24)22(27)26-16-14-25(15-17-26)21(18-8-4-2-5-9-18)19-10-6-3-7-11-19/h2-13,21H,14-17H2,1H3/p+1. The molecule has 1 aliphatic heterocycles. The van der Waals surface area contributed by atoms with Crippen LogP contribution in [0.15, 0.2) is 72.9 Å². The molecule has 5 nitrogen and oxygen atoms in total. The van der Waals surface area contributed by atoms with Gasteiger partial charge in [0.05, 0.1) is 26.2 Å². The molecule has 1 saturated heterocycles. The topological polar surface area (TPSA) is 42.6 Å². The molecule has 0 atom stereocenters. The quantitative estimate of drug-likeness (QED) is 0.766. The number of rotatable bonds is 4. The number of hydrogen-bond donors (Lipinski definition) is 1. The molecular weight excluding hydrogens is 336 g/mol. The molecule has 0 spiro atoms. The fraction of sp³-hybridized carbons (Fsp3) is 0.273. The minimum atomic E-state index is 0.0741. The Hall–Kier alpha value is -2.92. The molecule has 1 aliphatic rings. The zero-order valence-corrected chi connectivity index (χ0v) is 15.6. The first-order chi connectivity index (χ1) is 13.2. The fourth-order valence-electron chi connectivity index (χ4n) is 3.99. The van der Waals surface area contributed by atoms with E-state index in [9.17, 15) is 4.79 Å². The first-order valence-corrected chi connectivity index (χ1v) is 9.46. The van der Waals surface area contributed by atoms with Gasteiger partial charge in [0, 0.05) is 24.4 Å². The van der Waals surface area contributed by atoms with E-state index in [1.807, 2.05) is 11.9 Å². The van der Waals surface area contributed by atoms with Gasteiger partial charge in [0.2, 0.25) is 0 Å². The molecule has 138 valence electrons. The van der Waals surface area contributed by atoms with Crippen LogP contribution in [0.4, 0.5) is 0 Å². The van der Waals surface area contributed by atoms with Gasteiger partial charge in [0.25, 0.3) is 5.91 Å². The number of carbonyl (C=O) groups excluding carboxylic acids is 1. The van der Waals surface area contributed by atoms with Crippen molar-refractivity contribution in [1.29, 1.82) is 0 Å². The van der Waals surface area contributed by atoms with E-state index in [1.54, 1.807) is 16.9 Å². The van der Waals surface area contributed by atoms with Crippen LogP contribution in [0.5, 0.6) is 0 Å². The number of piperazine rings is 1. The van der Waals surface area contributed by atoms with Gasteiger partial charge in [-0.25, -0.2) is 0 Å². The number of benzene rings is 2. The van der Waals surface area contributed by atoms with Gasteiger partial charge in [0.1, 0.15) is 11.7 Å². The summed E-state index contributed by atoms with van der Waals surface area (Å²) in [5.74, 6) is 0.0741. The van der Waals surface area contributed by atoms with Gasteiger partial charge in [-0.1, -0.05) is 60.7 Å². The van der Waals surface area contributed by atoms with Gasteiger partial charge in [-0.3, -0.25) is 9.48 Å². The summed E-state index contributed by atoms with van der Waals surface area (Å²) in [4.78, 5) is 16.2. The Morgan fingerprint density at radius 3 is 1.96 bits per heavy atom. The molecule has 3 aromatic rings. The predicted molar refractivity (Wildman–Crippen MR) is 105 cm³/mol. The number of quaternary nitrogens is 1. The summed E-state index contributed by atoms with van der Waals surface area (Å²) < 4.78 is 1.65. The van der Waals surface area contributed by atoms with Crippen LogP contribution in [0.25, 0.3) is 0 Å². The molecule has 0 saturated carbocycles. The molecule has 0 radical (unpaired) electrons. The van der Waals surface area contributed by atoms with E-state index in [0.29, 0.717) is 11.7 Å². The first kappa shape index (κ1) is 17.5. The van der Waals surface area contributed by atoms with Crippen LogP contribution in [0.1, 0.15) is 27.7 Å². The van der Waals surface area contributed by atoms with Gasteiger partial charge in [-0.15, -0.1) is 0 Å². The maximum Gasteiger partial charge on any atom is 0.272 e. The van der Waals surface area contributed by atoms with Crippen LogP contribution >= 0.6 is 0 Å². The number of carbonyl (C=O) groups is 1. The Kier molecular flexibility index (Phi) is 5.03. The Morgan fingerprint density at radius 1 is 0.926 bits per heavy atom. The fourth-order valence-corrected chi connectivity index (χ4v) is 3.99. The third kappa shape index (κ3) is 3.64. The number of aromatic nitrogens is 2. The zero-order chi connectivity index (χ0) is 18.6. The molecule has 1 fully saturated rings. The van der Waals surface area contributed by atoms with Crippen molar-refractivity contribution in [1.82, 2.24) is 14.7 Å². The average Bonchev–Trinajstić information content (AvgIpc) is 3.16. The van der Waals surface area contributed by atoms with Crippen LogP contribution in [-0.2, 0) is 7.05 Å². The second kappa shape index (κ2) is 7.76. The minimum Gasteiger partial charge on any atom is -0.326 e. The average molecular weight is 361 g/mol. The van der Waals surface area contributed by atoms with Crippen LogP contribution in [0.2, 0.25) is 0 Å². The van der Waals surface area contributed by atoms with Gasteiger partial charge in [-0.05, 0) is 6.07 Å². The van der Waals surface area contributed by atoms with E-state index < -0.39 is 0 Å². The highest BCUT2D eigenvalue weighted by atomic mass is 16.2. The third-order valence-corrected chi connectivity index (χ3v) is 5.41. The van der Waals surface area contributed by atoms with Gasteiger partial charge < -0.3 is 9.80 Å². The van der Waals surface area contributed by atoms with Crippen molar-refractivity contribution in [3.05, 3.63) is 89.7 Å². The van der Waals surface area contributed by atoms with Crippen molar-refractivity contribution in [2.24, 2.45) is 7.05 Å². The maximum absolute atomic E-state index is 12.8. The summed E-state index contributed by atoms with van der Waals surface area (Å²) in [6.07, 6.45) is 1.68. The number of aryl methyl sites for hydroxylation is 1. The molecular formula is C22H25N4O+. The third-order valence-electron chi connectivity index (χ3n) is 5.41. The lowest BCUT2D eigenvalue weighted by Gasteiger charge is -2.37. The second-order valence-electron chi connectivity index (χ2n) is 7.04. The van der Waals surface area contributed by atoms with Crippen molar-refractivity contribution in [3.63, 3.8) is 0 Å².